The summed E-state index contributed by atoms with van der Waals surface area (Å²) in [5, 5.41) is 9.19. The van der Waals surface area contributed by atoms with E-state index in [1.807, 2.05) is 60.7 Å². The molecule has 7 heteroatoms. The summed E-state index contributed by atoms with van der Waals surface area (Å²) < 4.78 is 2.63. The maximum absolute atomic E-state index is 13.2. The van der Waals surface area contributed by atoms with Crippen molar-refractivity contribution in [3.05, 3.63) is 103 Å². The van der Waals surface area contributed by atoms with Gasteiger partial charge in [-0.2, -0.15) is 0 Å². The number of benzene rings is 2. The lowest BCUT2D eigenvalue weighted by Crippen LogP contribution is -2.43. The standard InChI is InChI=1S/C21H19BrN2O4/c1-14(20(26)27)12-24-19(25)17(22)13-23(21(24)28)18(15-8-4-2-5-9-15)16-10-6-3-7-11-16/h2-11,13-14,18H,12H2,1H3,(H,26,27). The van der Waals surface area contributed by atoms with Crippen LogP contribution in [0.15, 0.2) is 80.9 Å². The summed E-state index contributed by atoms with van der Waals surface area (Å²) in [7, 11) is 0. The van der Waals surface area contributed by atoms with Crippen LogP contribution in [-0.2, 0) is 11.3 Å². The Morgan fingerprint density at radius 3 is 1.96 bits per heavy atom. The molecule has 1 N–H and O–H groups in total. The molecule has 1 heterocycles. The number of carbonyl (C=O) groups is 1. The lowest BCUT2D eigenvalue weighted by atomic mass is 9.98. The van der Waals surface area contributed by atoms with Crippen LogP contribution in [0.1, 0.15) is 24.1 Å². The molecule has 2 aromatic carbocycles. The molecule has 0 saturated heterocycles. The van der Waals surface area contributed by atoms with Gasteiger partial charge < -0.3 is 5.11 Å². The molecule has 0 aliphatic heterocycles. The second-order valence-corrected chi connectivity index (χ2v) is 7.40. The molecule has 0 aliphatic rings. The van der Waals surface area contributed by atoms with Gasteiger partial charge in [0.05, 0.1) is 16.4 Å². The van der Waals surface area contributed by atoms with Crippen LogP contribution in [0.2, 0.25) is 0 Å². The van der Waals surface area contributed by atoms with E-state index in [0.29, 0.717) is 0 Å². The van der Waals surface area contributed by atoms with E-state index < -0.39 is 29.2 Å². The van der Waals surface area contributed by atoms with Crippen molar-refractivity contribution in [1.29, 1.82) is 0 Å². The van der Waals surface area contributed by atoms with Gasteiger partial charge in [0.15, 0.2) is 0 Å². The topological polar surface area (TPSA) is 81.3 Å². The highest BCUT2D eigenvalue weighted by Gasteiger charge is 2.22. The lowest BCUT2D eigenvalue weighted by Gasteiger charge is -2.22. The number of carboxylic acids is 1. The van der Waals surface area contributed by atoms with E-state index in [9.17, 15) is 19.5 Å². The van der Waals surface area contributed by atoms with Crippen molar-refractivity contribution in [3.8, 4) is 0 Å². The van der Waals surface area contributed by atoms with Crippen molar-refractivity contribution < 1.29 is 9.90 Å². The SMILES string of the molecule is CC(Cn1c(=O)c(Br)cn(C(c2ccccc2)c2ccccc2)c1=O)C(=O)O. The molecular formula is C21H19BrN2O4. The molecule has 144 valence electrons. The fourth-order valence-corrected chi connectivity index (χ4v) is 3.50. The Labute approximate surface area is 169 Å². The van der Waals surface area contributed by atoms with E-state index >= 15 is 0 Å². The van der Waals surface area contributed by atoms with Gasteiger partial charge in [-0.25, -0.2) is 4.79 Å². The minimum Gasteiger partial charge on any atom is -0.481 e. The summed E-state index contributed by atoms with van der Waals surface area (Å²) >= 11 is 3.23. The summed E-state index contributed by atoms with van der Waals surface area (Å²) in [6, 6.07) is 18.5. The molecule has 0 aliphatic carbocycles. The van der Waals surface area contributed by atoms with E-state index in [4.69, 9.17) is 0 Å². The van der Waals surface area contributed by atoms with Gasteiger partial charge in [0.1, 0.15) is 0 Å². The first kappa shape index (κ1) is 19.8. The molecule has 0 fully saturated rings. The zero-order valence-electron chi connectivity index (χ0n) is 15.2. The highest BCUT2D eigenvalue weighted by molar-refractivity contribution is 9.10. The van der Waals surface area contributed by atoms with Crippen LogP contribution < -0.4 is 11.2 Å². The number of hydrogen-bond donors (Lipinski definition) is 1. The molecule has 0 saturated carbocycles. The Morgan fingerprint density at radius 1 is 1.00 bits per heavy atom. The highest BCUT2D eigenvalue weighted by Crippen LogP contribution is 2.25. The third kappa shape index (κ3) is 3.99. The quantitative estimate of drug-likeness (QED) is 0.635. The van der Waals surface area contributed by atoms with E-state index in [1.165, 1.54) is 17.7 Å². The molecular weight excluding hydrogens is 424 g/mol. The molecule has 3 rings (SSSR count). The van der Waals surface area contributed by atoms with E-state index in [2.05, 4.69) is 15.9 Å². The highest BCUT2D eigenvalue weighted by atomic mass is 79.9. The number of rotatable bonds is 6. The number of halogens is 1. The predicted octanol–water partition coefficient (Wildman–Crippen LogP) is 3.13. The molecule has 6 nitrogen and oxygen atoms in total. The van der Waals surface area contributed by atoms with Crippen LogP contribution in [-0.4, -0.2) is 20.2 Å². The zero-order valence-corrected chi connectivity index (χ0v) is 16.7. The largest absolute Gasteiger partial charge is 0.481 e. The maximum Gasteiger partial charge on any atom is 0.331 e. The van der Waals surface area contributed by atoms with Gasteiger partial charge in [0, 0.05) is 12.7 Å². The van der Waals surface area contributed by atoms with Gasteiger partial charge in [-0.3, -0.25) is 18.7 Å². The summed E-state index contributed by atoms with van der Waals surface area (Å²) in [5.41, 5.74) is 0.645. The molecule has 1 unspecified atom stereocenters. The van der Waals surface area contributed by atoms with Crippen molar-refractivity contribution in [1.82, 2.24) is 9.13 Å². The van der Waals surface area contributed by atoms with Gasteiger partial charge >= 0.3 is 11.7 Å². The van der Waals surface area contributed by atoms with Crippen LogP contribution >= 0.6 is 15.9 Å². The zero-order chi connectivity index (χ0) is 20.3. The van der Waals surface area contributed by atoms with Crippen LogP contribution in [0.5, 0.6) is 0 Å². The van der Waals surface area contributed by atoms with Crippen LogP contribution in [0.3, 0.4) is 0 Å². The smallest absolute Gasteiger partial charge is 0.331 e. The van der Waals surface area contributed by atoms with Gasteiger partial charge in [0.25, 0.3) is 5.56 Å². The molecule has 3 aromatic rings. The summed E-state index contributed by atoms with van der Waals surface area (Å²) in [6.07, 6.45) is 1.47. The number of hydrogen-bond acceptors (Lipinski definition) is 3. The first-order chi connectivity index (χ1) is 13.4. The Balaban J connectivity index is 2.24. The molecule has 0 radical (unpaired) electrons. The van der Waals surface area contributed by atoms with Gasteiger partial charge in [0.2, 0.25) is 0 Å². The average Bonchev–Trinajstić information content (AvgIpc) is 2.70. The fourth-order valence-electron chi connectivity index (χ4n) is 3.07. The number of nitrogens with zero attached hydrogens (tertiary/aromatic N) is 2. The lowest BCUT2D eigenvalue weighted by molar-refractivity contribution is -0.141. The maximum atomic E-state index is 13.2. The monoisotopic (exact) mass is 442 g/mol. The minimum atomic E-state index is -1.07. The predicted molar refractivity (Wildman–Crippen MR) is 110 cm³/mol. The third-order valence-electron chi connectivity index (χ3n) is 4.54. The van der Waals surface area contributed by atoms with Crippen LogP contribution in [0, 0.1) is 5.92 Å². The molecule has 1 aromatic heterocycles. The van der Waals surface area contributed by atoms with Gasteiger partial charge in [-0.05, 0) is 27.1 Å². The van der Waals surface area contributed by atoms with Crippen molar-refractivity contribution in [2.75, 3.05) is 0 Å². The van der Waals surface area contributed by atoms with Gasteiger partial charge in [-0.15, -0.1) is 0 Å². The molecule has 0 bridgehead atoms. The van der Waals surface area contributed by atoms with Crippen molar-refractivity contribution in [3.63, 3.8) is 0 Å². The first-order valence-corrected chi connectivity index (χ1v) is 9.53. The van der Waals surface area contributed by atoms with E-state index in [1.54, 1.807) is 0 Å². The van der Waals surface area contributed by atoms with Crippen molar-refractivity contribution >= 4 is 21.9 Å². The molecule has 28 heavy (non-hydrogen) atoms. The van der Waals surface area contributed by atoms with Crippen LogP contribution in [0.4, 0.5) is 0 Å². The fraction of sp³-hybridized carbons (Fsp3) is 0.190. The molecule has 1 atom stereocenters. The van der Waals surface area contributed by atoms with E-state index in [-0.39, 0.29) is 11.0 Å². The number of carboxylic acid groups (broad SMARTS) is 1. The third-order valence-corrected chi connectivity index (χ3v) is 5.08. The van der Waals surface area contributed by atoms with Gasteiger partial charge in [-0.1, -0.05) is 67.6 Å². The Hall–Kier alpha value is -2.93. The van der Waals surface area contributed by atoms with Crippen molar-refractivity contribution in [2.45, 2.75) is 19.5 Å². The number of aromatic nitrogens is 2. The van der Waals surface area contributed by atoms with Crippen molar-refractivity contribution in [2.24, 2.45) is 5.92 Å². The van der Waals surface area contributed by atoms with Crippen LogP contribution in [0.25, 0.3) is 0 Å². The average molecular weight is 443 g/mol. The second-order valence-electron chi connectivity index (χ2n) is 6.55. The summed E-state index contributed by atoms with van der Waals surface area (Å²) in [5.74, 6) is -1.94. The number of aliphatic carboxylic acids is 1. The Bertz CT molecular complexity index is 1050. The first-order valence-electron chi connectivity index (χ1n) is 8.74. The Morgan fingerprint density at radius 2 is 1.50 bits per heavy atom. The molecule has 0 amide bonds. The normalized spacial score (nSPS) is 12.1. The summed E-state index contributed by atoms with van der Waals surface area (Å²) in [4.78, 5) is 36.9. The summed E-state index contributed by atoms with van der Waals surface area (Å²) in [6.45, 7) is 1.26. The van der Waals surface area contributed by atoms with E-state index in [0.717, 1.165) is 15.7 Å². The Kier molecular flexibility index (Phi) is 5.94. The second kappa shape index (κ2) is 8.39. The molecule has 0 spiro atoms. The minimum absolute atomic E-state index is 0.196.